The summed E-state index contributed by atoms with van der Waals surface area (Å²) in [5, 5.41) is 13.3. The molecule has 0 fully saturated rings. The molecule has 0 aliphatic carbocycles. The number of hydrogen-bond donors (Lipinski definition) is 2. The fourth-order valence-corrected chi connectivity index (χ4v) is 7.54. The Morgan fingerprint density at radius 2 is 1.70 bits per heavy atom. The van der Waals surface area contributed by atoms with E-state index in [4.69, 9.17) is 14.2 Å². The van der Waals surface area contributed by atoms with Gasteiger partial charge in [0.15, 0.2) is 17.6 Å². The summed E-state index contributed by atoms with van der Waals surface area (Å²) in [4.78, 5) is 33.5. The third kappa shape index (κ3) is 7.62. The van der Waals surface area contributed by atoms with Crippen molar-refractivity contribution in [3.63, 3.8) is 0 Å². The number of hydrogen-bond acceptors (Lipinski definition) is 7. The SMILES string of the molecule is CC[C@@H](c1ccccc1)N1Cc2cc3c(cc2C[C@H]1C(=O)N[C@@H](Cc1ccc(-c2ccnc(C)c2C)cc1)C(=O)O)OC[C@H](c1ccc(OC)cc1)O3. The second kappa shape index (κ2) is 15.5. The molecule has 0 unspecified atom stereocenters. The van der Waals surface area contributed by atoms with E-state index in [-0.39, 0.29) is 24.5 Å². The lowest BCUT2D eigenvalue weighted by Crippen LogP contribution is -2.55. The first-order chi connectivity index (χ1) is 25.7. The van der Waals surface area contributed by atoms with Gasteiger partial charge in [0.25, 0.3) is 0 Å². The van der Waals surface area contributed by atoms with Crippen LogP contribution in [0, 0.1) is 13.8 Å². The van der Waals surface area contributed by atoms with Crippen LogP contribution in [0.15, 0.2) is 103 Å². The molecule has 0 radical (unpaired) electrons. The Hall–Kier alpha value is -5.67. The molecule has 0 spiro atoms. The van der Waals surface area contributed by atoms with Crippen LogP contribution >= 0.6 is 0 Å². The number of carboxylic acids is 1. The molecule has 9 nitrogen and oxygen atoms in total. The molecule has 2 aliphatic heterocycles. The molecule has 1 amide bonds. The number of pyridine rings is 1. The van der Waals surface area contributed by atoms with Crippen molar-refractivity contribution in [2.75, 3.05) is 13.7 Å². The van der Waals surface area contributed by atoms with Gasteiger partial charge in [0.05, 0.1) is 13.2 Å². The van der Waals surface area contributed by atoms with Crippen molar-refractivity contribution < 1.29 is 28.9 Å². The normalized spacial score (nSPS) is 17.7. The summed E-state index contributed by atoms with van der Waals surface area (Å²) in [6, 6.07) is 30.0. The van der Waals surface area contributed by atoms with Crippen LogP contribution in [0.1, 0.15) is 64.6 Å². The van der Waals surface area contributed by atoms with Crippen molar-refractivity contribution in [2.24, 2.45) is 0 Å². The molecular formula is C44H45N3O6. The topological polar surface area (TPSA) is 110 Å². The maximum atomic E-state index is 14.3. The number of benzene rings is 4. The second-order valence-corrected chi connectivity index (χ2v) is 13.9. The van der Waals surface area contributed by atoms with Gasteiger partial charge in [0.1, 0.15) is 18.4 Å². The van der Waals surface area contributed by atoms with Gasteiger partial charge in [-0.1, -0.05) is 73.7 Å². The van der Waals surface area contributed by atoms with Gasteiger partial charge in [0.2, 0.25) is 5.91 Å². The molecule has 3 heterocycles. The van der Waals surface area contributed by atoms with Gasteiger partial charge in [-0.3, -0.25) is 14.7 Å². The van der Waals surface area contributed by atoms with E-state index < -0.39 is 18.1 Å². The number of aryl methyl sites for hydroxylation is 1. The van der Waals surface area contributed by atoms with E-state index in [9.17, 15) is 14.7 Å². The molecule has 2 N–H and O–H groups in total. The second-order valence-electron chi connectivity index (χ2n) is 13.9. The number of aliphatic carboxylic acids is 1. The summed E-state index contributed by atoms with van der Waals surface area (Å²) in [7, 11) is 1.64. The average Bonchev–Trinajstić information content (AvgIpc) is 3.18. The predicted octanol–water partition coefficient (Wildman–Crippen LogP) is 7.58. The molecule has 0 saturated heterocycles. The zero-order valence-electron chi connectivity index (χ0n) is 30.5. The van der Waals surface area contributed by atoms with E-state index in [0.29, 0.717) is 31.1 Å². The molecule has 0 bridgehead atoms. The number of carboxylic acid groups (broad SMARTS) is 1. The number of ether oxygens (including phenoxy) is 3. The van der Waals surface area contributed by atoms with E-state index in [1.165, 1.54) is 0 Å². The lowest BCUT2D eigenvalue weighted by molar-refractivity contribution is -0.143. The third-order valence-electron chi connectivity index (χ3n) is 10.6. The Labute approximate surface area is 310 Å². The van der Waals surface area contributed by atoms with Crippen molar-refractivity contribution in [1.29, 1.82) is 0 Å². The highest BCUT2D eigenvalue weighted by Gasteiger charge is 2.38. The molecule has 2 aliphatic rings. The fraction of sp³-hybridized carbons (Fsp3) is 0.295. The maximum absolute atomic E-state index is 14.3. The van der Waals surface area contributed by atoms with Crippen LogP contribution in [0.4, 0.5) is 0 Å². The Balaban J connectivity index is 1.14. The summed E-state index contributed by atoms with van der Waals surface area (Å²) < 4.78 is 18.0. The zero-order chi connectivity index (χ0) is 37.1. The van der Waals surface area contributed by atoms with Crippen LogP contribution in [0.5, 0.6) is 17.2 Å². The van der Waals surface area contributed by atoms with Gasteiger partial charge in [-0.15, -0.1) is 0 Å². The smallest absolute Gasteiger partial charge is 0.326 e. The molecule has 272 valence electrons. The van der Waals surface area contributed by atoms with Crippen LogP contribution in [-0.4, -0.2) is 52.7 Å². The first kappa shape index (κ1) is 35.7. The number of methoxy groups -OCH3 is 1. The van der Waals surface area contributed by atoms with Crippen molar-refractivity contribution in [2.45, 2.75) is 70.8 Å². The van der Waals surface area contributed by atoms with E-state index in [1.807, 2.05) is 98.8 Å². The monoisotopic (exact) mass is 711 g/mol. The lowest BCUT2D eigenvalue weighted by Gasteiger charge is -2.42. The standard InChI is InChI=1S/C44H45N3O6/c1-5-38(31-9-7-6-8-10-31)47-25-34-24-41-40(52-26-42(53-41)32-15-17-35(51-4)18-16-32)23-33(34)22-39(47)43(48)46-37(44(49)50)21-29-11-13-30(14-12-29)36-19-20-45-28(3)27(36)2/h6-20,23-24,37-39,42H,5,21-22,25-26H2,1-4H3,(H,46,48)(H,49,50)/t37-,38-,39-,42+/m0/s1. The molecule has 7 rings (SSSR count). The van der Waals surface area contributed by atoms with Crippen molar-refractivity contribution in [1.82, 2.24) is 15.2 Å². The van der Waals surface area contributed by atoms with Gasteiger partial charge in [-0.2, -0.15) is 0 Å². The molecular weight excluding hydrogens is 666 g/mol. The van der Waals surface area contributed by atoms with Gasteiger partial charge >= 0.3 is 5.97 Å². The van der Waals surface area contributed by atoms with Gasteiger partial charge in [-0.05, 0) is 102 Å². The Bertz CT molecular complexity index is 2080. The number of carbonyl (C=O) groups is 2. The van der Waals surface area contributed by atoms with E-state index >= 15 is 0 Å². The first-order valence-corrected chi connectivity index (χ1v) is 18.2. The minimum Gasteiger partial charge on any atom is -0.497 e. The number of carbonyl (C=O) groups excluding carboxylic acids is 1. The molecule has 9 heteroatoms. The van der Waals surface area contributed by atoms with E-state index in [2.05, 4.69) is 34.3 Å². The van der Waals surface area contributed by atoms with Crippen LogP contribution < -0.4 is 19.5 Å². The van der Waals surface area contributed by atoms with Crippen LogP contribution in [0.3, 0.4) is 0 Å². The minimum absolute atomic E-state index is 0.0727. The predicted molar refractivity (Wildman–Crippen MR) is 203 cm³/mol. The number of amides is 1. The summed E-state index contributed by atoms with van der Waals surface area (Å²) in [5.41, 5.74) is 9.14. The fourth-order valence-electron chi connectivity index (χ4n) is 7.54. The third-order valence-corrected chi connectivity index (χ3v) is 10.6. The average molecular weight is 712 g/mol. The van der Waals surface area contributed by atoms with Crippen molar-refractivity contribution >= 4 is 11.9 Å². The van der Waals surface area contributed by atoms with Gasteiger partial charge < -0.3 is 24.6 Å². The molecule has 0 saturated carbocycles. The highest BCUT2D eigenvalue weighted by molar-refractivity contribution is 5.87. The maximum Gasteiger partial charge on any atom is 0.326 e. The highest BCUT2D eigenvalue weighted by Crippen LogP contribution is 2.42. The summed E-state index contributed by atoms with van der Waals surface area (Å²) in [6.07, 6.45) is 2.84. The Kier molecular flexibility index (Phi) is 10.5. The lowest BCUT2D eigenvalue weighted by atomic mass is 9.89. The molecule has 53 heavy (non-hydrogen) atoms. The van der Waals surface area contributed by atoms with Crippen molar-refractivity contribution in [3.8, 4) is 28.4 Å². The summed E-state index contributed by atoms with van der Waals surface area (Å²) >= 11 is 0. The van der Waals surface area contributed by atoms with Crippen LogP contribution in [0.25, 0.3) is 11.1 Å². The van der Waals surface area contributed by atoms with Gasteiger partial charge in [-0.25, -0.2) is 4.79 Å². The largest absolute Gasteiger partial charge is 0.497 e. The highest BCUT2D eigenvalue weighted by atomic mass is 16.6. The summed E-state index contributed by atoms with van der Waals surface area (Å²) in [6.45, 7) is 6.98. The van der Waals surface area contributed by atoms with Crippen LogP contribution in [-0.2, 0) is 29.0 Å². The van der Waals surface area contributed by atoms with E-state index in [0.717, 1.165) is 62.4 Å². The van der Waals surface area contributed by atoms with Crippen molar-refractivity contribution in [3.05, 3.63) is 142 Å². The zero-order valence-corrected chi connectivity index (χ0v) is 30.5. The Morgan fingerprint density at radius 3 is 2.40 bits per heavy atom. The minimum atomic E-state index is -1.10. The molecule has 1 aromatic heterocycles. The number of aromatic nitrogens is 1. The molecule has 4 atom stereocenters. The number of nitrogens with zero attached hydrogens (tertiary/aromatic N) is 2. The first-order valence-electron chi connectivity index (χ1n) is 18.2. The molecule has 4 aromatic carbocycles. The summed E-state index contributed by atoms with van der Waals surface area (Å²) in [5.74, 6) is 0.689. The Morgan fingerprint density at radius 1 is 0.962 bits per heavy atom. The number of fused-ring (bicyclic) bond motifs is 2. The van der Waals surface area contributed by atoms with Gasteiger partial charge in [0, 0.05) is 30.9 Å². The number of rotatable bonds is 11. The quantitative estimate of drug-likeness (QED) is 0.144. The van der Waals surface area contributed by atoms with Crippen LogP contribution in [0.2, 0.25) is 0 Å². The van der Waals surface area contributed by atoms with E-state index in [1.54, 1.807) is 13.3 Å². The number of nitrogens with one attached hydrogen (secondary N) is 1. The molecule has 5 aromatic rings.